The van der Waals surface area contributed by atoms with Crippen LogP contribution in [0.3, 0.4) is 0 Å². The number of hydrogen-bond donors (Lipinski definition) is 2. The maximum atomic E-state index is 9.64. The zero-order valence-corrected chi connectivity index (χ0v) is 4.52. The Morgan fingerprint density at radius 3 is 2.29 bits per heavy atom. The zero-order chi connectivity index (χ0) is 5.70. The standard InChI is InChI=1S/C2H6NO3P/c4-3-1-2-7(5)6/h3-4H,1-2H2. The number of hydrogen-bond acceptors (Lipinski definition) is 4. The van der Waals surface area contributed by atoms with E-state index in [1.807, 2.05) is 0 Å². The third-order valence-corrected chi connectivity index (χ3v) is 0.995. The first-order chi connectivity index (χ1) is 3.27. The molecule has 0 unspecified atom stereocenters. The van der Waals surface area contributed by atoms with Crippen LogP contribution in [0.1, 0.15) is 0 Å². The Morgan fingerprint density at radius 1 is 1.57 bits per heavy atom. The van der Waals surface area contributed by atoms with Crippen LogP contribution in [0.15, 0.2) is 0 Å². The van der Waals surface area contributed by atoms with Gasteiger partial charge in [0.25, 0.3) is 0 Å². The van der Waals surface area contributed by atoms with E-state index >= 15 is 0 Å². The lowest BCUT2D eigenvalue weighted by molar-refractivity contribution is 0.173. The second kappa shape index (κ2) is 3.99. The minimum atomic E-state index is -2.33. The highest BCUT2D eigenvalue weighted by Crippen LogP contribution is 1.97. The van der Waals surface area contributed by atoms with Gasteiger partial charge >= 0.3 is 7.68 Å². The third kappa shape index (κ3) is 5.82. The van der Waals surface area contributed by atoms with E-state index in [1.165, 1.54) is 0 Å². The van der Waals surface area contributed by atoms with Crippen LogP contribution in [0.4, 0.5) is 0 Å². The van der Waals surface area contributed by atoms with Crippen molar-refractivity contribution in [2.45, 2.75) is 0 Å². The summed E-state index contributed by atoms with van der Waals surface area (Å²) in [6.45, 7) is 0.110. The summed E-state index contributed by atoms with van der Waals surface area (Å²) < 4.78 is 19.3. The number of rotatable bonds is 3. The quantitative estimate of drug-likeness (QED) is 0.413. The van der Waals surface area contributed by atoms with Gasteiger partial charge in [-0.05, 0) is 0 Å². The van der Waals surface area contributed by atoms with Gasteiger partial charge in [0.15, 0.2) is 0 Å². The van der Waals surface area contributed by atoms with Crippen molar-refractivity contribution >= 4 is 7.68 Å². The van der Waals surface area contributed by atoms with E-state index in [1.54, 1.807) is 5.48 Å². The maximum absolute atomic E-state index is 9.64. The van der Waals surface area contributed by atoms with Gasteiger partial charge < -0.3 is 5.21 Å². The third-order valence-electron chi connectivity index (χ3n) is 0.406. The molecule has 42 valence electrons. The largest absolute Gasteiger partial charge is 0.317 e. The van der Waals surface area contributed by atoms with Crippen molar-refractivity contribution in [3.05, 3.63) is 0 Å². The molecular formula is C2H6NO3P. The van der Waals surface area contributed by atoms with Crippen molar-refractivity contribution < 1.29 is 14.3 Å². The molecule has 0 aliphatic rings. The van der Waals surface area contributed by atoms with E-state index in [-0.39, 0.29) is 12.7 Å². The molecule has 0 radical (unpaired) electrons. The van der Waals surface area contributed by atoms with Gasteiger partial charge in [0, 0.05) is 6.54 Å². The first-order valence-electron chi connectivity index (χ1n) is 1.76. The minimum absolute atomic E-state index is 0.00810. The average Bonchev–Trinajstić information content (AvgIpc) is 1.61. The Morgan fingerprint density at radius 2 is 2.14 bits per heavy atom. The average molecular weight is 123 g/mol. The second-order valence-corrected chi connectivity index (χ2v) is 2.08. The first-order valence-corrected chi connectivity index (χ1v) is 3.12. The molecule has 4 nitrogen and oxygen atoms in total. The van der Waals surface area contributed by atoms with E-state index < -0.39 is 7.68 Å². The molecule has 0 fully saturated rings. The molecule has 0 saturated carbocycles. The predicted octanol–water partition coefficient (Wildman–Crippen LogP) is 0.138. The van der Waals surface area contributed by atoms with Crippen molar-refractivity contribution in [2.75, 3.05) is 12.7 Å². The summed E-state index contributed by atoms with van der Waals surface area (Å²) in [5.41, 5.74) is 1.72. The highest BCUT2D eigenvalue weighted by molar-refractivity contribution is 7.30. The highest BCUT2D eigenvalue weighted by atomic mass is 31.1. The summed E-state index contributed by atoms with van der Waals surface area (Å²) in [5.74, 6) is 0. The molecule has 7 heavy (non-hydrogen) atoms. The second-order valence-electron chi connectivity index (χ2n) is 0.964. The molecule has 0 aliphatic carbocycles. The predicted molar refractivity (Wildman–Crippen MR) is 22.9 cm³/mol. The highest BCUT2D eigenvalue weighted by Gasteiger charge is 1.86. The molecule has 0 spiro atoms. The molecule has 0 aromatic carbocycles. The van der Waals surface area contributed by atoms with Crippen LogP contribution in [0.5, 0.6) is 0 Å². The molecule has 5 heteroatoms. The number of hydroxylamine groups is 1. The SMILES string of the molecule is O=P(=O)CCNO. The van der Waals surface area contributed by atoms with Gasteiger partial charge in [-0.25, -0.2) is 14.6 Å². The molecule has 2 N–H and O–H groups in total. The Balaban J connectivity index is 2.98. The molecular weight excluding hydrogens is 117 g/mol. The summed E-state index contributed by atoms with van der Waals surface area (Å²) in [6.07, 6.45) is -0.00810. The van der Waals surface area contributed by atoms with E-state index in [0.29, 0.717) is 0 Å². The van der Waals surface area contributed by atoms with Crippen molar-refractivity contribution in [3.63, 3.8) is 0 Å². The topological polar surface area (TPSA) is 66.4 Å². The van der Waals surface area contributed by atoms with Crippen molar-refractivity contribution in [3.8, 4) is 0 Å². The molecule has 0 aromatic heterocycles. The lowest BCUT2D eigenvalue weighted by Crippen LogP contribution is -2.09. The van der Waals surface area contributed by atoms with Gasteiger partial charge in [-0.3, -0.25) is 0 Å². The summed E-state index contributed by atoms with van der Waals surface area (Å²) >= 11 is 0. The van der Waals surface area contributed by atoms with Crippen LogP contribution in [0, 0.1) is 0 Å². The van der Waals surface area contributed by atoms with Gasteiger partial charge in [-0.1, -0.05) is 0 Å². The van der Waals surface area contributed by atoms with Crippen molar-refractivity contribution in [1.29, 1.82) is 0 Å². The van der Waals surface area contributed by atoms with E-state index in [0.717, 1.165) is 0 Å². The molecule has 0 amide bonds. The Hall–Kier alpha value is -0.180. The van der Waals surface area contributed by atoms with E-state index in [4.69, 9.17) is 5.21 Å². The van der Waals surface area contributed by atoms with Gasteiger partial charge in [0.1, 0.15) is 0 Å². The molecule has 0 rings (SSSR count). The molecule has 0 saturated heterocycles. The molecule has 0 atom stereocenters. The lowest BCUT2D eigenvalue weighted by atomic mass is 10.8. The van der Waals surface area contributed by atoms with Gasteiger partial charge in [0.2, 0.25) is 0 Å². The van der Waals surface area contributed by atoms with Gasteiger partial charge in [-0.2, -0.15) is 0 Å². The first kappa shape index (κ1) is 6.82. The van der Waals surface area contributed by atoms with Crippen LogP contribution < -0.4 is 5.48 Å². The fourth-order valence-corrected chi connectivity index (χ4v) is 0.424. The molecule has 0 bridgehead atoms. The van der Waals surface area contributed by atoms with Gasteiger partial charge in [-0.15, -0.1) is 0 Å². The maximum Gasteiger partial charge on any atom is 0.317 e. The zero-order valence-electron chi connectivity index (χ0n) is 3.63. The van der Waals surface area contributed by atoms with E-state index in [9.17, 15) is 9.13 Å². The summed E-state index contributed by atoms with van der Waals surface area (Å²) in [4.78, 5) is 0. The monoisotopic (exact) mass is 123 g/mol. The van der Waals surface area contributed by atoms with Crippen molar-refractivity contribution in [1.82, 2.24) is 5.48 Å². The Labute approximate surface area is 41.3 Å². The Bertz CT molecular complexity index is 91.1. The number of nitrogens with one attached hydrogen (secondary N) is 1. The fraction of sp³-hybridized carbons (Fsp3) is 1.00. The fourth-order valence-electron chi connectivity index (χ4n) is 0.141. The van der Waals surface area contributed by atoms with Gasteiger partial charge in [0.05, 0.1) is 6.16 Å². The Kier molecular flexibility index (Phi) is 3.89. The van der Waals surface area contributed by atoms with Crippen LogP contribution in [0.2, 0.25) is 0 Å². The minimum Gasteiger partial charge on any atom is -0.317 e. The van der Waals surface area contributed by atoms with E-state index in [2.05, 4.69) is 0 Å². The lowest BCUT2D eigenvalue weighted by Gasteiger charge is -1.82. The molecule has 0 aromatic rings. The van der Waals surface area contributed by atoms with Crippen LogP contribution in [0.25, 0.3) is 0 Å². The van der Waals surface area contributed by atoms with Crippen LogP contribution >= 0.6 is 7.68 Å². The van der Waals surface area contributed by atoms with Crippen LogP contribution in [-0.2, 0) is 9.13 Å². The molecule has 0 aliphatic heterocycles. The summed E-state index contributed by atoms with van der Waals surface area (Å²) in [5, 5.41) is 7.80. The summed E-state index contributed by atoms with van der Waals surface area (Å²) in [6, 6.07) is 0. The summed E-state index contributed by atoms with van der Waals surface area (Å²) in [7, 11) is -2.33. The molecule has 0 heterocycles. The smallest absolute Gasteiger partial charge is 0.317 e. The van der Waals surface area contributed by atoms with Crippen LogP contribution in [-0.4, -0.2) is 17.9 Å². The normalized spacial score (nSPS) is 8.71. The van der Waals surface area contributed by atoms with Crippen molar-refractivity contribution in [2.24, 2.45) is 0 Å².